The van der Waals surface area contributed by atoms with Gasteiger partial charge in [0.25, 0.3) is 0 Å². The van der Waals surface area contributed by atoms with E-state index in [0.29, 0.717) is 17.2 Å². The Morgan fingerprint density at radius 2 is 1.55 bits per heavy atom. The van der Waals surface area contributed by atoms with Crippen molar-refractivity contribution in [3.8, 4) is 28.4 Å². The smallest absolute Gasteiger partial charge is 0.203 e. The number of methoxy groups -OCH3 is 3. The minimum Gasteiger partial charge on any atom is -0.493 e. The van der Waals surface area contributed by atoms with E-state index in [1.807, 2.05) is 12.1 Å². The molecule has 29 heavy (non-hydrogen) atoms. The number of rotatable bonds is 5. The lowest BCUT2D eigenvalue weighted by Gasteiger charge is -2.31. The van der Waals surface area contributed by atoms with Gasteiger partial charge in [0, 0.05) is 28.9 Å². The largest absolute Gasteiger partial charge is 0.493 e. The van der Waals surface area contributed by atoms with Crippen LogP contribution in [0.5, 0.6) is 17.2 Å². The summed E-state index contributed by atoms with van der Waals surface area (Å²) in [6.07, 6.45) is 0.775. The highest BCUT2D eigenvalue weighted by Gasteiger charge is 2.31. The summed E-state index contributed by atoms with van der Waals surface area (Å²) >= 11 is 0. The fourth-order valence-electron chi connectivity index (χ4n) is 4.07. The molecule has 0 saturated carbocycles. The summed E-state index contributed by atoms with van der Waals surface area (Å²) in [5, 5.41) is 3.40. The van der Waals surface area contributed by atoms with Crippen molar-refractivity contribution in [2.45, 2.75) is 12.3 Å². The molecule has 4 nitrogen and oxygen atoms in total. The second-order valence-corrected chi connectivity index (χ2v) is 7.08. The molecule has 0 radical (unpaired) electrons. The number of benzene rings is 3. The van der Waals surface area contributed by atoms with Gasteiger partial charge in [0.1, 0.15) is 0 Å². The summed E-state index contributed by atoms with van der Waals surface area (Å²) in [6, 6.07) is 21.0. The SMILES string of the molecule is C=C1CC(c2cccc(-c3ccccc3)c2)c2c(cc(OC)c(OC)c2OC)N1. The summed E-state index contributed by atoms with van der Waals surface area (Å²) in [4.78, 5) is 0. The van der Waals surface area contributed by atoms with Gasteiger partial charge >= 0.3 is 0 Å². The van der Waals surface area contributed by atoms with E-state index >= 15 is 0 Å². The molecule has 1 atom stereocenters. The zero-order chi connectivity index (χ0) is 20.4. The Bertz CT molecular complexity index is 1040. The van der Waals surface area contributed by atoms with Crippen LogP contribution < -0.4 is 19.5 Å². The Labute approximate surface area is 171 Å². The highest BCUT2D eigenvalue weighted by Crippen LogP contribution is 2.52. The van der Waals surface area contributed by atoms with Gasteiger partial charge in [0.15, 0.2) is 11.5 Å². The molecule has 0 fully saturated rings. The molecule has 0 bridgehead atoms. The number of allylic oxidation sites excluding steroid dienone is 1. The van der Waals surface area contributed by atoms with Crippen molar-refractivity contribution in [3.63, 3.8) is 0 Å². The van der Waals surface area contributed by atoms with Gasteiger partial charge in [0.2, 0.25) is 5.75 Å². The van der Waals surface area contributed by atoms with Crippen molar-refractivity contribution >= 4 is 5.69 Å². The maximum atomic E-state index is 5.80. The first-order valence-corrected chi connectivity index (χ1v) is 9.59. The summed E-state index contributed by atoms with van der Waals surface area (Å²) < 4.78 is 17.0. The molecule has 3 aromatic rings. The van der Waals surface area contributed by atoms with Gasteiger partial charge in [0.05, 0.1) is 21.3 Å². The zero-order valence-corrected chi connectivity index (χ0v) is 17.0. The van der Waals surface area contributed by atoms with E-state index in [2.05, 4.69) is 60.4 Å². The zero-order valence-electron chi connectivity index (χ0n) is 17.0. The number of hydrogen-bond donors (Lipinski definition) is 1. The normalized spacial score (nSPS) is 15.3. The molecule has 0 aliphatic carbocycles. The molecule has 1 heterocycles. The molecule has 1 aliphatic heterocycles. The Morgan fingerprint density at radius 1 is 0.828 bits per heavy atom. The van der Waals surface area contributed by atoms with Crippen molar-refractivity contribution < 1.29 is 14.2 Å². The molecular formula is C25H25NO3. The van der Waals surface area contributed by atoms with Gasteiger partial charge in [-0.3, -0.25) is 0 Å². The van der Waals surface area contributed by atoms with Gasteiger partial charge < -0.3 is 19.5 Å². The fourth-order valence-corrected chi connectivity index (χ4v) is 4.07. The van der Waals surface area contributed by atoms with Crippen LogP contribution in [0.3, 0.4) is 0 Å². The monoisotopic (exact) mass is 387 g/mol. The lowest BCUT2D eigenvalue weighted by atomic mass is 9.82. The molecule has 4 heteroatoms. The maximum absolute atomic E-state index is 5.80. The van der Waals surface area contributed by atoms with E-state index in [0.717, 1.165) is 23.4 Å². The van der Waals surface area contributed by atoms with Crippen LogP contribution in [-0.2, 0) is 0 Å². The van der Waals surface area contributed by atoms with Crippen LogP contribution >= 0.6 is 0 Å². The molecule has 0 spiro atoms. The van der Waals surface area contributed by atoms with E-state index in [9.17, 15) is 0 Å². The third-order valence-corrected chi connectivity index (χ3v) is 5.37. The molecule has 1 aliphatic rings. The van der Waals surface area contributed by atoms with Crippen molar-refractivity contribution in [2.24, 2.45) is 0 Å². The molecule has 3 aromatic carbocycles. The quantitative estimate of drug-likeness (QED) is 0.597. The summed E-state index contributed by atoms with van der Waals surface area (Å²) in [5.74, 6) is 2.02. The predicted octanol–water partition coefficient (Wildman–Crippen LogP) is 5.84. The van der Waals surface area contributed by atoms with Crippen LogP contribution in [0.1, 0.15) is 23.5 Å². The Morgan fingerprint density at radius 3 is 2.24 bits per heavy atom. The summed E-state index contributed by atoms with van der Waals surface area (Å²) in [7, 11) is 4.92. The predicted molar refractivity (Wildman–Crippen MR) is 117 cm³/mol. The number of anilines is 1. The topological polar surface area (TPSA) is 39.7 Å². The van der Waals surface area contributed by atoms with E-state index in [4.69, 9.17) is 14.2 Å². The average Bonchev–Trinajstić information content (AvgIpc) is 2.77. The van der Waals surface area contributed by atoms with Crippen LogP contribution in [0.2, 0.25) is 0 Å². The van der Waals surface area contributed by atoms with Crippen molar-refractivity contribution in [1.82, 2.24) is 0 Å². The summed E-state index contributed by atoms with van der Waals surface area (Å²) in [6.45, 7) is 4.20. The molecule has 0 amide bonds. The second-order valence-electron chi connectivity index (χ2n) is 7.08. The van der Waals surface area contributed by atoms with Gasteiger partial charge in [-0.15, -0.1) is 0 Å². The second kappa shape index (κ2) is 7.92. The standard InChI is InChI=1S/C25H25NO3/c1-16-13-20(19-12-8-11-18(14-19)17-9-6-5-7-10-17)23-21(26-16)15-22(27-2)24(28-3)25(23)29-4/h5-12,14-15,20,26H,1,13H2,2-4H3. The lowest BCUT2D eigenvalue weighted by Crippen LogP contribution is -2.17. The summed E-state index contributed by atoms with van der Waals surface area (Å²) in [5.41, 5.74) is 6.55. The van der Waals surface area contributed by atoms with Gasteiger partial charge in [-0.25, -0.2) is 0 Å². The molecule has 0 saturated heterocycles. The molecule has 4 rings (SSSR count). The van der Waals surface area contributed by atoms with Crippen LogP contribution in [0.15, 0.2) is 72.9 Å². The molecular weight excluding hydrogens is 362 g/mol. The number of hydrogen-bond acceptors (Lipinski definition) is 4. The van der Waals surface area contributed by atoms with Crippen molar-refractivity contribution in [2.75, 3.05) is 26.6 Å². The van der Waals surface area contributed by atoms with Gasteiger partial charge in [-0.05, 0) is 23.1 Å². The Kier molecular flexibility index (Phi) is 5.17. The Balaban J connectivity index is 1.88. The Hall–Kier alpha value is -3.40. The third kappa shape index (κ3) is 3.42. The minimum absolute atomic E-state index is 0.0946. The average molecular weight is 387 g/mol. The minimum atomic E-state index is 0.0946. The number of nitrogens with one attached hydrogen (secondary N) is 1. The third-order valence-electron chi connectivity index (χ3n) is 5.37. The maximum Gasteiger partial charge on any atom is 0.203 e. The van der Waals surface area contributed by atoms with Crippen molar-refractivity contribution in [1.29, 1.82) is 0 Å². The molecule has 148 valence electrons. The number of ether oxygens (including phenoxy) is 3. The van der Waals surface area contributed by atoms with Crippen LogP contribution in [0.4, 0.5) is 5.69 Å². The number of fused-ring (bicyclic) bond motifs is 1. The first-order valence-electron chi connectivity index (χ1n) is 9.59. The van der Waals surface area contributed by atoms with Crippen molar-refractivity contribution in [3.05, 3.63) is 84.1 Å². The van der Waals surface area contributed by atoms with Crippen LogP contribution in [0, 0.1) is 0 Å². The van der Waals surface area contributed by atoms with E-state index in [-0.39, 0.29) is 5.92 Å². The molecule has 1 N–H and O–H groups in total. The van der Waals surface area contributed by atoms with Gasteiger partial charge in [-0.2, -0.15) is 0 Å². The molecule has 0 aromatic heterocycles. The van der Waals surface area contributed by atoms with E-state index in [1.165, 1.54) is 16.7 Å². The highest BCUT2D eigenvalue weighted by molar-refractivity contribution is 5.75. The molecule has 1 unspecified atom stereocenters. The highest BCUT2D eigenvalue weighted by atomic mass is 16.5. The van der Waals surface area contributed by atoms with E-state index < -0.39 is 0 Å². The first-order chi connectivity index (χ1) is 14.2. The van der Waals surface area contributed by atoms with E-state index in [1.54, 1.807) is 21.3 Å². The fraction of sp³-hybridized carbons (Fsp3) is 0.200. The van der Waals surface area contributed by atoms with Gasteiger partial charge in [-0.1, -0.05) is 61.2 Å². The lowest BCUT2D eigenvalue weighted by molar-refractivity contribution is 0.321. The van der Waals surface area contributed by atoms with Crippen LogP contribution in [0.25, 0.3) is 11.1 Å². The van der Waals surface area contributed by atoms with Crippen LogP contribution in [-0.4, -0.2) is 21.3 Å². The first kappa shape index (κ1) is 18.9.